The van der Waals surface area contributed by atoms with E-state index in [9.17, 15) is 4.79 Å². The molecule has 1 amide bonds. The van der Waals surface area contributed by atoms with Crippen LogP contribution in [0.1, 0.15) is 33.3 Å². The molecule has 19 heavy (non-hydrogen) atoms. The number of carbonyl (C=O) groups is 1. The summed E-state index contributed by atoms with van der Waals surface area (Å²) in [5.41, 5.74) is 5.54. The topological polar surface area (TPSA) is 41.5 Å². The van der Waals surface area contributed by atoms with Gasteiger partial charge in [0.15, 0.2) is 0 Å². The molecule has 98 valence electrons. The summed E-state index contributed by atoms with van der Waals surface area (Å²) >= 11 is 1.60. The molecule has 0 aliphatic heterocycles. The van der Waals surface area contributed by atoms with Crippen molar-refractivity contribution < 1.29 is 4.79 Å². The minimum Gasteiger partial charge on any atom is -0.267 e. The van der Waals surface area contributed by atoms with Crippen LogP contribution in [-0.2, 0) is 6.42 Å². The maximum atomic E-state index is 11.8. The fourth-order valence-electron chi connectivity index (χ4n) is 1.62. The minimum atomic E-state index is -0.187. The minimum absolute atomic E-state index is 0.187. The van der Waals surface area contributed by atoms with Gasteiger partial charge >= 0.3 is 0 Å². The van der Waals surface area contributed by atoms with Gasteiger partial charge in [-0.2, -0.15) is 5.10 Å². The predicted octanol–water partition coefficient (Wildman–Crippen LogP) is 3.38. The first kappa shape index (κ1) is 13.5. The molecule has 3 nitrogen and oxygen atoms in total. The maximum Gasteiger partial charge on any atom is 0.271 e. The fourth-order valence-corrected chi connectivity index (χ4v) is 2.41. The number of hydrogen-bond donors (Lipinski definition) is 1. The second-order valence-electron chi connectivity index (χ2n) is 4.22. The third-order valence-corrected chi connectivity index (χ3v) is 3.83. The third kappa shape index (κ3) is 3.51. The van der Waals surface area contributed by atoms with Crippen molar-refractivity contribution in [3.63, 3.8) is 0 Å². The number of amides is 1. The molecule has 0 aliphatic rings. The zero-order chi connectivity index (χ0) is 13.7. The number of aryl methyl sites for hydroxylation is 2. The maximum absolute atomic E-state index is 11.8. The Labute approximate surface area is 117 Å². The Kier molecular flexibility index (Phi) is 4.47. The van der Waals surface area contributed by atoms with Crippen LogP contribution in [0.2, 0.25) is 0 Å². The second-order valence-corrected chi connectivity index (χ2v) is 5.17. The molecule has 1 aromatic carbocycles. The zero-order valence-corrected chi connectivity index (χ0v) is 11.8. The highest BCUT2D eigenvalue weighted by molar-refractivity contribution is 7.11. The first-order valence-electron chi connectivity index (χ1n) is 6.17. The van der Waals surface area contributed by atoms with Crippen molar-refractivity contribution in [3.8, 4) is 0 Å². The Morgan fingerprint density at radius 2 is 2.05 bits per heavy atom. The van der Waals surface area contributed by atoms with Gasteiger partial charge in [-0.15, -0.1) is 11.3 Å². The van der Waals surface area contributed by atoms with E-state index in [-0.39, 0.29) is 5.91 Å². The van der Waals surface area contributed by atoms with E-state index in [0.29, 0.717) is 5.56 Å². The lowest BCUT2D eigenvalue weighted by Gasteiger charge is -2.01. The van der Waals surface area contributed by atoms with Crippen molar-refractivity contribution in [2.45, 2.75) is 20.3 Å². The Morgan fingerprint density at radius 1 is 1.32 bits per heavy atom. The molecule has 0 aliphatic carbocycles. The van der Waals surface area contributed by atoms with Gasteiger partial charge in [-0.1, -0.05) is 19.1 Å². The molecule has 1 N–H and O–H groups in total. The second kappa shape index (κ2) is 6.29. The van der Waals surface area contributed by atoms with Gasteiger partial charge in [0.1, 0.15) is 0 Å². The lowest BCUT2D eigenvalue weighted by atomic mass is 10.1. The number of thiophene rings is 1. The number of carbonyl (C=O) groups excluding carboxylic acids is 1. The van der Waals surface area contributed by atoms with Gasteiger partial charge in [-0.3, -0.25) is 4.79 Å². The lowest BCUT2D eigenvalue weighted by Crippen LogP contribution is -2.17. The summed E-state index contributed by atoms with van der Waals surface area (Å²) in [7, 11) is 0. The van der Waals surface area contributed by atoms with Crippen LogP contribution in [-0.4, -0.2) is 12.1 Å². The number of nitrogens with one attached hydrogen (secondary N) is 1. The summed E-state index contributed by atoms with van der Waals surface area (Å²) in [4.78, 5) is 12.9. The first-order chi connectivity index (χ1) is 9.20. The average molecular weight is 272 g/mol. The van der Waals surface area contributed by atoms with Crippen molar-refractivity contribution in [2.24, 2.45) is 5.10 Å². The van der Waals surface area contributed by atoms with E-state index in [2.05, 4.69) is 17.5 Å². The summed E-state index contributed by atoms with van der Waals surface area (Å²) in [6.07, 6.45) is 2.65. The Morgan fingerprint density at radius 3 is 2.63 bits per heavy atom. The smallest absolute Gasteiger partial charge is 0.267 e. The van der Waals surface area contributed by atoms with E-state index in [0.717, 1.165) is 16.9 Å². The molecule has 0 atom stereocenters. The molecule has 0 unspecified atom stereocenters. The summed E-state index contributed by atoms with van der Waals surface area (Å²) in [6.45, 7) is 4.10. The summed E-state index contributed by atoms with van der Waals surface area (Å²) in [6, 6.07) is 9.58. The lowest BCUT2D eigenvalue weighted by molar-refractivity contribution is 0.0955. The summed E-state index contributed by atoms with van der Waals surface area (Å²) in [5, 5.41) is 5.98. The fraction of sp³-hybridized carbons (Fsp3) is 0.200. The molecular weight excluding hydrogens is 256 g/mol. The first-order valence-corrected chi connectivity index (χ1v) is 7.05. The monoisotopic (exact) mass is 272 g/mol. The molecule has 1 heterocycles. The van der Waals surface area contributed by atoms with E-state index in [1.165, 1.54) is 5.56 Å². The number of nitrogens with zero attached hydrogens (tertiary/aromatic N) is 1. The molecule has 4 heteroatoms. The molecule has 1 aromatic heterocycles. The molecule has 0 bridgehead atoms. The van der Waals surface area contributed by atoms with E-state index in [1.807, 2.05) is 42.6 Å². The molecule has 0 saturated heterocycles. The molecule has 0 saturated carbocycles. The number of hydrazone groups is 1. The normalized spacial score (nSPS) is 10.8. The van der Waals surface area contributed by atoms with E-state index in [1.54, 1.807) is 17.6 Å². The highest BCUT2D eigenvalue weighted by Crippen LogP contribution is 2.12. The standard InChI is InChI=1S/C15H16N2OS/c1-3-12-4-6-13(7-5-12)15(18)17-16-10-14-11(2)8-9-19-14/h4-10H,3H2,1-2H3,(H,17,18)/b16-10-. The molecule has 2 rings (SSSR count). The Balaban J connectivity index is 1.97. The molecule has 0 radical (unpaired) electrons. The largest absolute Gasteiger partial charge is 0.271 e. The van der Waals surface area contributed by atoms with Gasteiger partial charge < -0.3 is 0 Å². The number of benzene rings is 1. The van der Waals surface area contributed by atoms with Crippen molar-refractivity contribution in [1.29, 1.82) is 0 Å². The molecule has 0 spiro atoms. The van der Waals surface area contributed by atoms with Gasteiger partial charge in [-0.25, -0.2) is 5.43 Å². The molecule has 0 fully saturated rings. The van der Waals surface area contributed by atoms with Crippen LogP contribution < -0.4 is 5.43 Å². The summed E-state index contributed by atoms with van der Waals surface area (Å²) in [5.74, 6) is -0.187. The average Bonchev–Trinajstić information content (AvgIpc) is 2.84. The predicted molar refractivity (Wildman–Crippen MR) is 79.9 cm³/mol. The highest BCUT2D eigenvalue weighted by Gasteiger charge is 2.03. The number of rotatable bonds is 4. The van der Waals surface area contributed by atoms with Gasteiger partial charge in [0.05, 0.1) is 6.21 Å². The molecular formula is C15H16N2OS. The van der Waals surface area contributed by atoms with Crippen LogP contribution in [0.3, 0.4) is 0 Å². The Bertz CT molecular complexity index is 584. The quantitative estimate of drug-likeness (QED) is 0.673. The van der Waals surface area contributed by atoms with E-state index in [4.69, 9.17) is 0 Å². The van der Waals surface area contributed by atoms with Crippen LogP contribution in [0.15, 0.2) is 40.8 Å². The van der Waals surface area contributed by atoms with E-state index >= 15 is 0 Å². The third-order valence-electron chi connectivity index (χ3n) is 2.87. The van der Waals surface area contributed by atoms with Crippen LogP contribution in [0.25, 0.3) is 0 Å². The summed E-state index contributed by atoms with van der Waals surface area (Å²) < 4.78 is 0. The van der Waals surface area contributed by atoms with Crippen molar-refractivity contribution >= 4 is 23.5 Å². The van der Waals surface area contributed by atoms with Gasteiger partial charge in [0.2, 0.25) is 0 Å². The van der Waals surface area contributed by atoms with Crippen LogP contribution in [0.5, 0.6) is 0 Å². The molecule has 2 aromatic rings. The number of hydrogen-bond acceptors (Lipinski definition) is 3. The van der Waals surface area contributed by atoms with Gasteiger partial charge in [0.25, 0.3) is 5.91 Å². The van der Waals surface area contributed by atoms with Crippen LogP contribution >= 0.6 is 11.3 Å². The SMILES string of the molecule is CCc1ccc(C(=O)N/N=C\c2sccc2C)cc1. The van der Waals surface area contributed by atoms with E-state index < -0.39 is 0 Å². The Hall–Kier alpha value is -1.94. The zero-order valence-electron chi connectivity index (χ0n) is 11.0. The van der Waals surface area contributed by atoms with Crippen molar-refractivity contribution in [1.82, 2.24) is 5.43 Å². The van der Waals surface area contributed by atoms with Gasteiger partial charge in [0, 0.05) is 10.4 Å². The van der Waals surface area contributed by atoms with Crippen LogP contribution in [0.4, 0.5) is 0 Å². The van der Waals surface area contributed by atoms with Crippen molar-refractivity contribution in [2.75, 3.05) is 0 Å². The highest BCUT2D eigenvalue weighted by atomic mass is 32.1. The van der Waals surface area contributed by atoms with Gasteiger partial charge in [-0.05, 0) is 48.1 Å². The van der Waals surface area contributed by atoms with Crippen LogP contribution in [0, 0.1) is 6.92 Å². The van der Waals surface area contributed by atoms with Crippen molar-refractivity contribution in [3.05, 3.63) is 57.3 Å².